The number of hydrogen-bond donors (Lipinski definition) is 0. The van der Waals surface area contributed by atoms with Crippen LogP contribution in [0.25, 0.3) is 11.5 Å². The first-order valence-electron chi connectivity index (χ1n) is 10.1. The Balaban J connectivity index is 1.24. The maximum absolute atomic E-state index is 12.1. The van der Waals surface area contributed by atoms with Gasteiger partial charge in [0.15, 0.2) is 15.7 Å². The van der Waals surface area contributed by atoms with Crippen LogP contribution < -0.4 is 0 Å². The van der Waals surface area contributed by atoms with Gasteiger partial charge in [-0.25, -0.2) is 13.2 Å². The molecule has 2 aromatic rings. The van der Waals surface area contributed by atoms with E-state index in [4.69, 9.17) is 14.0 Å². The summed E-state index contributed by atoms with van der Waals surface area (Å²) in [6.07, 6.45) is 5.61. The van der Waals surface area contributed by atoms with Crippen molar-refractivity contribution >= 4 is 15.9 Å². The molecule has 0 N–H and O–H groups in total. The Bertz CT molecular complexity index is 976. The molecule has 1 saturated carbocycles. The van der Waals surface area contributed by atoms with E-state index in [1.54, 1.807) is 17.0 Å². The van der Waals surface area contributed by atoms with Crippen LogP contribution >= 0.6 is 0 Å². The van der Waals surface area contributed by atoms with E-state index in [9.17, 15) is 13.2 Å². The number of rotatable bonds is 6. The van der Waals surface area contributed by atoms with Gasteiger partial charge in [0.1, 0.15) is 12.7 Å². The summed E-state index contributed by atoms with van der Waals surface area (Å²) < 4.78 is 39.7. The molecule has 1 saturated heterocycles. The van der Waals surface area contributed by atoms with Crippen molar-refractivity contribution in [3.05, 3.63) is 30.1 Å². The number of carbonyl (C=O) groups is 1. The van der Waals surface area contributed by atoms with Crippen molar-refractivity contribution in [2.24, 2.45) is 0 Å². The van der Waals surface area contributed by atoms with Crippen LogP contribution in [0.4, 0.5) is 4.79 Å². The molecule has 2 aliphatic rings. The first kappa shape index (κ1) is 20.8. The predicted molar refractivity (Wildman–Crippen MR) is 106 cm³/mol. The zero-order valence-corrected chi connectivity index (χ0v) is 17.6. The number of benzene rings is 1. The molecule has 0 bridgehead atoms. The Morgan fingerprint density at radius 3 is 2.43 bits per heavy atom. The largest absolute Gasteiger partial charge is 0.446 e. The molecule has 10 heteroatoms. The molecule has 162 valence electrons. The van der Waals surface area contributed by atoms with Gasteiger partial charge in [0.25, 0.3) is 5.89 Å². The van der Waals surface area contributed by atoms with E-state index >= 15 is 0 Å². The average Bonchev–Trinajstić information content (AvgIpc) is 3.18. The minimum absolute atomic E-state index is 0.0220. The molecule has 2 heterocycles. The fourth-order valence-electron chi connectivity index (χ4n) is 3.38. The Hall–Kier alpha value is -2.46. The van der Waals surface area contributed by atoms with Crippen molar-refractivity contribution in [1.29, 1.82) is 0 Å². The van der Waals surface area contributed by atoms with E-state index in [2.05, 4.69) is 10.1 Å². The Morgan fingerprint density at radius 2 is 1.83 bits per heavy atom. The summed E-state index contributed by atoms with van der Waals surface area (Å²) in [5, 5.41) is 3.93. The van der Waals surface area contributed by atoms with E-state index in [0.29, 0.717) is 30.4 Å². The molecule has 0 spiro atoms. The maximum atomic E-state index is 12.1. The number of carbonyl (C=O) groups excluding carboxylic acids is 1. The van der Waals surface area contributed by atoms with Crippen LogP contribution in [-0.2, 0) is 25.9 Å². The second-order valence-corrected chi connectivity index (χ2v) is 9.76. The van der Waals surface area contributed by atoms with Gasteiger partial charge in [-0.15, -0.1) is 0 Å². The number of sulfone groups is 1. The Labute approximate surface area is 175 Å². The average molecular weight is 436 g/mol. The van der Waals surface area contributed by atoms with E-state index in [-0.39, 0.29) is 29.8 Å². The topological polar surface area (TPSA) is 112 Å². The molecule has 0 unspecified atom stereocenters. The second kappa shape index (κ2) is 8.73. The lowest BCUT2D eigenvalue weighted by Gasteiger charge is -2.33. The molecule has 1 amide bonds. The summed E-state index contributed by atoms with van der Waals surface area (Å²) in [6.45, 7) is 1.43. The van der Waals surface area contributed by atoms with Crippen LogP contribution in [0.15, 0.2) is 33.7 Å². The van der Waals surface area contributed by atoms with Crippen LogP contribution in [0.1, 0.15) is 37.9 Å². The molecule has 0 radical (unpaired) electrons. The molecule has 4 rings (SSSR count). The number of ether oxygens (including phenoxy) is 2. The molecular formula is C20H25N3O6S. The number of piperidine rings is 1. The van der Waals surface area contributed by atoms with Gasteiger partial charge >= 0.3 is 6.09 Å². The lowest BCUT2D eigenvalue weighted by Crippen LogP contribution is -2.43. The van der Waals surface area contributed by atoms with E-state index in [0.717, 1.165) is 38.4 Å². The minimum Gasteiger partial charge on any atom is -0.446 e. The fourth-order valence-corrected chi connectivity index (χ4v) is 4.01. The lowest BCUT2D eigenvalue weighted by molar-refractivity contribution is -0.0176. The van der Waals surface area contributed by atoms with Gasteiger partial charge in [-0.05, 0) is 56.4 Å². The summed E-state index contributed by atoms with van der Waals surface area (Å²) in [4.78, 5) is 18.4. The standard InChI is InChI=1S/C20H25N3O6S/c1-30(25,26)17-7-5-14(6-8-17)19-21-18(22-29-19)13-27-15-9-11-23(12-10-15)20(24)28-16-3-2-4-16/h5-8,15-16H,2-4,9-13H2,1H3. The van der Waals surface area contributed by atoms with Crippen LogP contribution in [0.3, 0.4) is 0 Å². The van der Waals surface area contributed by atoms with Gasteiger partial charge in [0, 0.05) is 24.9 Å². The number of aromatic nitrogens is 2. The fraction of sp³-hybridized carbons (Fsp3) is 0.550. The van der Waals surface area contributed by atoms with Gasteiger partial charge in [0.2, 0.25) is 0 Å². The van der Waals surface area contributed by atoms with Crippen LogP contribution in [0.2, 0.25) is 0 Å². The molecule has 1 aliphatic heterocycles. The molecule has 1 aliphatic carbocycles. The number of likely N-dealkylation sites (tertiary alicyclic amines) is 1. The number of nitrogens with zero attached hydrogens (tertiary/aromatic N) is 3. The monoisotopic (exact) mass is 435 g/mol. The third-order valence-electron chi connectivity index (χ3n) is 5.47. The smallest absolute Gasteiger partial charge is 0.410 e. The summed E-state index contributed by atoms with van der Waals surface area (Å²) in [5.41, 5.74) is 0.638. The first-order chi connectivity index (χ1) is 14.4. The Morgan fingerprint density at radius 1 is 1.13 bits per heavy atom. The first-order valence-corrected chi connectivity index (χ1v) is 12.0. The maximum Gasteiger partial charge on any atom is 0.410 e. The van der Waals surface area contributed by atoms with Crippen LogP contribution in [0.5, 0.6) is 0 Å². The van der Waals surface area contributed by atoms with Crippen molar-refractivity contribution in [3.63, 3.8) is 0 Å². The van der Waals surface area contributed by atoms with Gasteiger partial charge < -0.3 is 18.9 Å². The second-order valence-electron chi connectivity index (χ2n) is 7.75. The number of amides is 1. The summed E-state index contributed by atoms with van der Waals surface area (Å²) in [7, 11) is -3.25. The molecule has 1 aromatic carbocycles. The highest BCUT2D eigenvalue weighted by atomic mass is 32.2. The van der Waals surface area contributed by atoms with Gasteiger partial charge in [0.05, 0.1) is 11.0 Å². The molecular weight excluding hydrogens is 410 g/mol. The van der Waals surface area contributed by atoms with Crippen molar-refractivity contribution in [2.75, 3.05) is 19.3 Å². The van der Waals surface area contributed by atoms with Crippen LogP contribution in [-0.4, -0.2) is 61.1 Å². The van der Waals surface area contributed by atoms with E-state index in [1.807, 2.05) is 0 Å². The van der Waals surface area contributed by atoms with Crippen molar-refractivity contribution in [2.45, 2.75) is 55.8 Å². The van der Waals surface area contributed by atoms with E-state index < -0.39 is 9.84 Å². The molecule has 1 aromatic heterocycles. The highest BCUT2D eigenvalue weighted by Gasteiger charge is 2.28. The van der Waals surface area contributed by atoms with Gasteiger partial charge in [-0.2, -0.15) is 4.98 Å². The third kappa shape index (κ3) is 4.99. The van der Waals surface area contributed by atoms with Gasteiger partial charge in [-0.1, -0.05) is 5.16 Å². The highest BCUT2D eigenvalue weighted by Crippen LogP contribution is 2.24. The molecule has 0 atom stereocenters. The SMILES string of the molecule is CS(=O)(=O)c1ccc(-c2nc(COC3CCN(C(=O)OC4CCC4)CC3)no2)cc1. The lowest BCUT2D eigenvalue weighted by atomic mass is 9.96. The predicted octanol–water partition coefficient (Wildman–Crippen LogP) is 2.81. The summed E-state index contributed by atoms with van der Waals surface area (Å²) in [6, 6.07) is 6.28. The minimum atomic E-state index is -3.25. The molecule has 2 fully saturated rings. The summed E-state index contributed by atoms with van der Waals surface area (Å²) >= 11 is 0. The third-order valence-corrected chi connectivity index (χ3v) is 6.59. The van der Waals surface area contributed by atoms with Gasteiger partial charge in [-0.3, -0.25) is 0 Å². The highest BCUT2D eigenvalue weighted by molar-refractivity contribution is 7.90. The zero-order valence-electron chi connectivity index (χ0n) is 16.8. The summed E-state index contributed by atoms with van der Waals surface area (Å²) in [5.74, 6) is 0.728. The van der Waals surface area contributed by atoms with Crippen molar-refractivity contribution < 1.29 is 27.2 Å². The zero-order chi connectivity index (χ0) is 21.1. The van der Waals surface area contributed by atoms with Crippen molar-refractivity contribution in [3.8, 4) is 11.5 Å². The van der Waals surface area contributed by atoms with E-state index in [1.165, 1.54) is 12.1 Å². The quantitative estimate of drug-likeness (QED) is 0.681. The van der Waals surface area contributed by atoms with Crippen molar-refractivity contribution in [1.82, 2.24) is 15.0 Å². The Kier molecular flexibility index (Phi) is 6.05. The molecule has 30 heavy (non-hydrogen) atoms. The molecule has 9 nitrogen and oxygen atoms in total. The normalized spacial score (nSPS) is 18.2. The number of hydrogen-bond acceptors (Lipinski definition) is 8. The van der Waals surface area contributed by atoms with Crippen LogP contribution in [0, 0.1) is 0 Å².